The Labute approximate surface area is 95.1 Å². The maximum absolute atomic E-state index is 11.0. The third-order valence-electron chi connectivity index (χ3n) is 2.66. The van der Waals surface area contributed by atoms with Gasteiger partial charge in [-0.25, -0.2) is 4.98 Å². The van der Waals surface area contributed by atoms with Crippen LogP contribution in [0.5, 0.6) is 0 Å². The van der Waals surface area contributed by atoms with E-state index in [0.717, 1.165) is 29.7 Å². The molecule has 2 aromatic rings. The number of rotatable bonds is 3. The molecule has 2 aromatic heterocycles. The van der Waals surface area contributed by atoms with Crippen molar-refractivity contribution in [3.05, 3.63) is 35.4 Å². The zero-order valence-electron chi connectivity index (χ0n) is 9.90. The van der Waals surface area contributed by atoms with E-state index >= 15 is 0 Å². The molecule has 0 aliphatic rings. The molecule has 3 nitrogen and oxygen atoms in total. The number of nitrogens with zero attached hydrogens (tertiary/aromatic N) is 2. The molecule has 0 spiro atoms. The Morgan fingerprint density at radius 3 is 2.81 bits per heavy atom. The summed E-state index contributed by atoms with van der Waals surface area (Å²) in [6.07, 6.45) is 1.72. The van der Waals surface area contributed by atoms with Crippen LogP contribution in [0.3, 0.4) is 0 Å². The predicted octanol–water partition coefficient (Wildman–Crippen LogP) is 2.65. The van der Waals surface area contributed by atoms with E-state index in [4.69, 9.17) is 0 Å². The summed E-state index contributed by atoms with van der Waals surface area (Å²) in [4.78, 5) is 15.4. The van der Waals surface area contributed by atoms with E-state index in [1.165, 1.54) is 0 Å². The summed E-state index contributed by atoms with van der Waals surface area (Å²) in [6, 6.07) is 5.93. The van der Waals surface area contributed by atoms with E-state index in [1.54, 1.807) is 0 Å². The van der Waals surface area contributed by atoms with Gasteiger partial charge in [0, 0.05) is 12.1 Å². The van der Waals surface area contributed by atoms with Crippen LogP contribution in [0.1, 0.15) is 35.9 Å². The Kier molecular flexibility index (Phi) is 2.77. The molecule has 84 valence electrons. The second-order valence-corrected chi connectivity index (χ2v) is 4.52. The summed E-state index contributed by atoms with van der Waals surface area (Å²) in [5.74, 6) is 1.51. The molecule has 0 radical (unpaired) electrons. The fourth-order valence-corrected chi connectivity index (χ4v) is 2.00. The molecule has 0 aliphatic heterocycles. The van der Waals surface area contributed by atoms with Crippen molar-refractivity contribution in [2.24, 2.45) is 5.92 Å². The van der Waals surface area contributed by atoms with Crippen molar-refractivity contribution < 1.29 is 4.79 Å². The number of aromatic nitrogens is 2. The fourth-order valence-electron chi connectivity index (χ4n) is 2.00. The Hall–Kier alpha value is -1.64. The maximum atomic E-state index is 11.0. The highest BCUT2D eigenvalue weighted by Gasteiger charge is 2.12. The lowest BCUT2D eigenvalue weighted by atomic mass is 10.1. The summed E-state index contributed by atoms with van der Waals surface area (Å²) in [5.41, 5.74) is 2.57. The van der Waals surface area contributed by atoms with Gasteiger partial charge in [-0.1, -0.05) is 19.9 Å². The van der Waals surface area contributed by atoms with Crippen molar-refractivity contribution >= 4 is 11.8 Å². The second-order valence-electron chi connectivity index (χ2n) is 4.52. The molecular formula is C13H16N2O. The van der Waals surface area contributed by atoms with Crippen molar-refractivity contribution in [2.45, 2.75) is 27.2 Å². The Bertz CT molecular complexity index is 526. The van der Waals surface area contributed by atoms with Crippen LogP contribution in [-0.4, -0.2) is 15.7 Å². The molecule has 2 rings (SSSR count). The quantitative estimate of drug-likeness (QED) is 0.739. The molecule has 16 heavy (non-hydrogen) atoms. The summed E-state index contributed by atoms with van der Waals surface area (Å²) < 4.78 is 2.07. The molecule has 0 amide bonds. The van der Waals surface area contributed by atoms with Crippen molar-refractivity contribution in [1.29, 1.82) is 0 Å². The number of aryl methyl sites for hydroxylation is 1. The zero-order valence-corrected chi connectivity index (χ0v) is 9.90. The fraction of sp³-hybridized carbons (Fsp3) is 0.385. The molecule has 2 heterocycles. The predicted molar refractivity (Wildman–Crippen MR) is 63.9 cm³/mol. The monoisotopic (exact) mass is 216 g/mol. The SMILES string of the molecule is Cc1cccc2c(C=O)nc(CC(C)C)n12. The van der Waals surface area contributed by atoms with Crippen LogP contribution >= 0.6 is 0 Å². The normalized spacial score (nSPS) is 11.2. The topological polar surface area (TPSA) is 34.4 Å². The van der Waals surface area contributed by atoms with Gasteiger partial charge in [-0.2, -0.15) is 0 Å². The number of carbonyl (C=O) groups is 1. The number of imidazole rings is 1. The van der Waals surface area contributed by atoms with Crippen LogP contribution in [-0.2, 0) is 6.42 Å². The summed E-state index contributed by atoms with van der Waals surface area (Å²) in [7, 11) is 0. The van der Waals surface area contributed by atoms with E-state index in [2.05, 4.69) is 23.2 Å². The van der Waals surface area contributed by atoms with Crippen LogP contribution in [0.25, 0.3) is 5.52 Å². The van der Waals surface area contributed by atoms with Gasteiger partial charge in [0.25, 0.3) is 0 Å². The van der Waals surface area contributed by atoms with E-state index < -0.39 is 0 Å². The summed E-state index contributed by atoms with van der Waals surface area (Å²) in [5, 5.41) is 0. The molecular weight excluding hydrogens is 200 g/mol. The van der Waals surface area contributed by atoms with Gasteiger partial charge in [0.2, 0.25) is 0 Å². The van der Waals surface area contributed by atoms with Gasteiger partial charge < -0.3 is 4.40 Å². The first kappa shape index (κ1) is 10.9. The molecule has 3 heteroatoms. The number of carbonyl (C=O) groups excluding carboxylic acids is 1. The number of hydrogen-bond acceptors (Lipinski definition) is 2. The largest absolute Gasteiger partial charge is 0.300 e. The smallest absolute Gasteiger partial charge is 0.170 e. The van der Waals surface area contributed by atoms with E-state index in [-0.39, 0.29) is 0 Å². The molecule has 0 aromatic carbocycles. The van der Waals surface area contributed by atoms with Gasteiger partial charge in [-0.3, -0.25) is 4.79 Å². The van der Waals surface area contributed by atoms with Crippen LogP contribution in [0.2, 0.25) is 0 Å². The highest BCUT2D eigenvalue weighted by Crippen LogP contribution is 2.16. The standard InChI is InChI=1S/C13H16N2O/c1-9(2)7-13-14-11(8-16)12-6-4-5-10(3)15(12)13/h4-6,8-9H,7H2,1-3H3. The molecule has 0 saturated heterocycles. The maximum Gasteiger partial charge on any atom is 0.170 e. The first-order valence-electron chi connectivity index (χ1n) is 5.55. The van der Waals surface area contributed by atoms with Gasteiger partial charge in [-0.15, -0.1) is 0 Å². The Morgan fingerprint density at radius 2 is 2.19 bits per heavy atom. The van der Waals surface area contributed by atoms with Gasteiger partial charge >= 0.3 is 0 Å². The molecule has 0 saturated carbocycles. The van der Waals surface area contributed by atoms with Gasteiger partial charge in [0.15, 0.2) is 6.29 Å². The highest BCUT2D eigenvalue weighted by molar-refractivity contribution is 5.83. The summed E-state index contributed by atoms with van der Waals surface area (Å²) >= 11 is 0. The summed E-state index contributed by atoms with van der Waals surface area (Å²) in [6.45, 7) is 6.34. The first-order valence-corrected chi connectivity index (χ1v) is 5.55. The van der Waals surface area contributed by atoms with Crippen LogP contribution in [0.15, 0.2) is 18.2 Å². The molecule has 0 unspecified atom stereocenters. The van der Waals surface area contributed by atoms with Crippen molar-refractivity contribution in [1.82, 2.24) is 9.38 Å². The van der Waals surface area contributed by atoms with Crippen LogP contribution in [0.4, 0.5) is 0 Å². The van der Waals surface area contributed by atoms with Gasteiger partial charge in [-0.05, 0) is 25.0 Å². The number of aldehydes is 1. The Balaban J connectivity index is 2.69. The zero-order chi connectivity index (χ0) is 11.7. The highest BCUT2D eigenvalue weighted by atomic mass is 16.1. The molecule has 0 atom stereocenters. The lowest BCUT2D eigenvalue weighted by molar-refractivity contribution is 0.112. The molecule has 0 bridgehead atoms. The van der Waals surface area contributed by atoms with Crippen LogP contribution in [0, 0.1) is 12.8 Å². The van der Waals surface area contributed by atoms with Crippen molar-refractivity contribution in [2.75, 3.05) is 0 Å². The van der Waals surface area contributed by atoms with Crippen LogP contribution < -0.4 is 0 Å². The number of hydrogen-bond donors (Lipinski definition) is 0. The number of fused-ring (bicyclic) bond motifs is 1. The van der Waals surface area contributed by atoms with Crippen molar-refractivity contribution in [3.63, 3.8) is 0 Å². The molecule has 0 fully saturated rings. The van der Waals surface area contributed by atoms with Crippen molar-refractivity contribution in [3.8, 4) is 0 Å². The van der Waals surface area contributed by atoms with Gasteiger partial charge in [0.1, 0.15) is 11.5 Å². The average Bonchev–Trinajstić information content (AvgIpc) is 2.57. The second kappa shape index (κ2) is 4.08. The number of pyridine rings is 1. The average molecular weight is 216 g/mol. The Morgan fingerprint density at radius 1 is 1.44 bits per heavy atom. The van der Waals surface area contributed by atoms with Gasteiger partial charge in [0.05, 0.1) is 5.52 Å². The lowest BCUT2D eigenvalue weighted by Gasteiger charge is -2.06. The minimum Gasteiger partial charge on any atom is -0.300 e. The van der Waals surface area contributed by atoms with E-state index in [0.29, 0.717) is 11.6 Å². The molecule has 0 aliphatic carbocycles. The molecule has 0 N–H and O–H groups in total. The van der Waals surface area contributed by atoms with E-state index in [9.17, 15) is 4.79 Å². The van der Waals surface area contributed by atoms with E-state index in [1.807, 2.05) is 25.1 Å². The first-order chi connectivity index (χ1) is 7.63. The lowest BCUT2D eigenvalue weighted by Crippen LogP contribution is -2.02. The minimum absolute atomic E-state index is 0.532. The third kappa shape index (κ3) is 1.73. The minimum atomic E-state index is 0.532. The third-order valence-corrected chi connectivity index (χ3v) is 2.66.